The van der Waals surface area contributed by atoms with Gasteiger partial charge < -0.3 is 4.74 Å². The van der Waals surface area contributed by atoms with Gasteiger partial charge in [0.05, 0.1) is 23.6 Å². The summed E-state index contributed by atoms with van der Waals surface area (Å²) in [5.41, 5.74) is 1.01. The first-order valence-corrected chi connectivity index (χ1v) is 5.22. The maximum Gasteiger partial charge on any atom is 0.338 e. The Morgan fingerprint density at radius 3 is 3.00 bits per heavy atom. The van der Waals surface area contributed by atoms with E-state index in [1.54, 1.807) is 12.1 Å². The SMILES string of the molecule is COC(=O)c1cc(Br)cc2n[nH]c(Cl)c12. The van der Waals surface area contributed by atoms with Gasteiger partial charge in [-0.25, -0.2) is 4.79 Å². The monoisotopic (exact) mass is 288 g/mol. The fourth-order valence-electron chi connectivity index (χ4n) is 1.35. The lowest BCUT2D eigenvalue weighted by atomic mass is 10.1. The van der Waals surface area contributed by atoms with Crippen LogP contribution in [0.2, 0.25) is 5.15 Å². The van der Waals surface area contributed by atoms with Crippen LogP contribution in [0.4, 0.5) is 0 Å². The lowest BCUT2D eigenvalue weighted by Gasteiger charge is -2.01. The molecule has 0 fully saturated rings. The lowest BCUT2D eigenvalue weighted by Crippen LogP contribution is -2.01. The number of methoxy groups -OCH3 is 1. The maximum absolute atomic E-state index is 11.5. The quantitative estimate of drug-likeness (QED) is 0.821. The molecule has 6 heteroatoms. The van der Waals surface area contributed by atoms with E-state index in [0.29, 0.717) is 21.6 Å². The van der Waals surface area contributed by atoms with E-state index in [9.17, 15) is 4.79 Å². The molecule has 0 radical (unpaired) electrons. The van der Waals surface area contributed by atoms with Gasteiger partial charge in [0, 0.05) is 4.47 Å². The standard InChI is InChI=1S/C9H6BrClN2O2/c1-15-9(14)5-2-4(10)3-6-7(5)8(11)13-12-6/h2-3H,1H3,(H,12,13). The number of halogens is 2. The van der Waals surface area contributed by atoms with E-state index in [1.807, 2.05) is 0 Å². The van der Waals surface area contributed by atoms with E-state index < -0.39 is 5.97 Å². The van der Waals surface area contributed by atoms with E-state index >= 15 is 0 Å². The zero-order valence-electron chi connectivity index (χ0n) is 7.67. The lowest BCUT2D eigenvalue weighted by molar-refractivity contribution is 0.0603. The second-order valence-corrected chi connectivity index (χ2v) is 4.17. The Hall–Kier alpha value is -1.07. The third-order valence-corrected chi connectivity index (χ3v) is 2.71. The van der Waals surface area contributed by atoms with Crippen LogP contribution in [0.1, 0.15) is 10.4 Å². The van der Waals surface area contributed by atoms with Crippen molar-refractivity contribution < 1.29 is 9.53 Å². The Labute approximate surface area is 98.7 Å². The number of H-pyrrole nitrogens is 1. The highest BCUT2D eigenvalue weighted by molar-refractivity contribution is 9.10. The highest BCUT2D eigenvalue weighted by Crippen LogP contribution is 2.28. The number of nitrogens with zero attached hydrogens (tertiary/aromatic N) is 1. The van der Waals surface area contributed by atoms with Gasteiger partial charge in [0.15, 0.2) is 0 Å². The van der Waals surface area contributed by atoms with E-state index in [4.69, 9.17) is 11.6 Å². The Kier molecular flexibility index (Phi) is 2.67. The summed E-state index contributed by atoms with van der Waals surface area (Å²) in [4.78, 5) is 11.5. The molecular weight excluding hydrogens is 283 g/mol. The number of carbonyl (C=O) groups is 1. The van der Waals surface area contributed by atoms with Crippen molar-refractivity contribution in [2.45, 2.75) is 0 Å². The molecule has 0 saturated carbocycles. The summed E-state index contributed by atoms with van der Waals surface area (Å²) in [6.07, 6.45) is 0. The van der Waals surface area contributed by atoms with Crippen LogP contribution in [-0.2, 0) is 4.74 Å². The van der Waals surface area contributed by atoms with Crippen molar-refractivity contribution in [1.29, 1.82) is 0 Å². The summed E-state index contributed by atoms with van der Waals surface area (Å²) < 4.78 is 5.41. The summed E-state index contributed by atoms with van der Waals surface area (Å²) in [7, 11) is 1.32. The number of carbonyl (C=O) groups excluding carboxylic acids is 1. The number of ether oxygens (including phenoxy) is 1. The average molecular weight is 290 g/mol. The topological polar surface area (TPSA) is 55.0 Å². The molecule has 0 saturated heterocycles. The van der Waals surface area contributed by atoms with Gasteiger partial charge in [0.1, 0.15) is 5.15 Å². The van der Waals surface area contributed by atoms with Gasteiger partial charge in [0.2, 0.25) is 0 Å². The van der Waals surface area contributed by atoms with E-state index in [0.717, 1.165) is 4.47 Å². The summed E-state index contributed by atoms with van der Waals surface area (Å²) in [6.45, 7) is 0. The third kappa shape index (κ3) is 1.72. The first kappa shape index (κ1) is 10.4. The minimum absolute atomic E-state index is 0.331. The molecule has 0 unspecified atom stereocenters. The van der Waals surface area contributed by atoms with Crippen LogP contribution in [-0.4, -0.2) is 23.3 Å². The van der Waals surface area contributed by atoms with E-state index in [-0.39, 0.29) is 0 Å². The van der Waals surface area contributed by atoms with Crippen molar-refractivity contribution in [3.8, 4) is 0 Å². The second-order valence-electron chi connectivity index (χ2n) is 2.88. The zero-order chi connectivity index (χ0) is 11.0. The fraction of sp³-hybridized carbons (Fsp3) is 0.111. The molecule has 0 amide bonds. The number of fused-ring (bicyclic) bond motifs is 1. The minimum Gasteiger partial charge on any atom is -0.465 e. The maximum atomic E-state index is 11.5. The molecule has 2 aromatic rings. The minimum atomic E-state index is -0.440. The van der Waals surface area contributed by atoms with Gasteiger partial charge in [-0.15, -0.1) is 0 Å². The molecule has 4 nitrogen and oxygen atoms in total. The number of hydrogen-bond donors (Lipinski definition) is 1. The number of hydrogen-bond acceptors (Lipinski definition) is 3. The first-order chi connectivity index (χ1) is 7.13. The van der Waals surface area contributed by atoms with Crippen LogP contribution < -0.4 is 0 Å². The Bertz CT molecular complexity index is 538. The normalized spacial score (nSPS) is 10.6. The number of esters is 1. The van der Waals surface area contributed by atoms with Gasteiger partial charge >= 0.3 is 5.97 Å². The molecule has 0 atom stereocenters. The van der Waals surface area contributed by atoms with Gasteiger partial charge in [-0.05, 0) is 12.1 Å². The third-order valence-electron chi connectivity index (χ3n) is 1.98. The predicted octanol–water partition coefficient (Wildman–Crippen LogP) is 2.77. The molecule has 0 aliphatic carbocycles. The first-order valence-electron chi connectivity index (χ1n) is 4.05. The van der Waals surface area contributed by atoms with Crippen LogP contribution in [0.15, 0.2) is 16.6 Å². The molecule has 1 aromatic heterocycles. The Morgan fingerprint density at radius 2 is 2.33 bits per heavy atom. The molecule has 2 rings (SSSR count). The van der Waals surface area contributed by atoms with E-state index in [2.05, 4.69) is 30.9 Å². The molecule has 15 heavy (non-hydrogen) atoms. The van der Waals surface area contributed by atoms with Crippen LogP contribution in [0, 0.1) is 0 Å². The van der Waals surface area contributed by atoms with Crippen molar-refractivity contribution in [3.05, 3.63) is 27.3 Å². The smallest absolute Gasteiger partial charge is 0.338 e. The average Bonchev–Trinajstić information content (AvgIpc) is 2.58. The van der Waals surface area contributed by atoms with Crippen molar-refractivity contribution >= 4 is 44.4 Å². The molecule has 1 aromatic carbocycles. The molecule has 1 heterocycles. The fourth-order valence-corrected chi connectivity index (χ4v) is 2.03. The Morgan fingerprint density at radius 1 is 1.60 bits per heavy atom. The molecule has 0 aliphatic rings. The van der Waals surface area contributed by atoms with Crippen molar-refractivity contribution in [3.63, 3.8) is 0 Å². The van der Waals surface area contributed by atoms with Crippen molar-refractivity contribution in [2.24, 2.45) is 0 Å². The molecule has 0 spiro atoms. The zero-order valence-corrected chi connectivity index (χ0v) is 10.0. The molecular formula is C9H6BrClN2O2. The highest BCUT2D eigenvalue weighted by Gasteiger charge is 2.16. The predicted molar refractivity (Wildman–Crippen MR) is 60.1 cm³/mol. The van der Waals surface area contributed by atoms with Gasteiger partial charge in [-0.3, -0.25) is 5.10 Å². The number of aromatic nitrogens is 2. The van der Waals surface area contributed by atoms with Crippen LogP contribution >= 0.6 is 27.5 Å². The highest BCUT2D eigenvalue weighted by atomic mass is 79.9. The summed E-state index contributed by atoms with van der Waals surface area (Å²) in [5, 5.41) is 7.48. The molecule has 1 N–H and O–H groups in total. The molecule has 0 bridgehead atoms. The molecule has 78 valence electrons. The summed E-state index contributed by atoms with van der Waals surface area (Å²) >= 11 is 9.18. The summed E-state index contributed by atoms with van der Waals surface area (Å²) in [6, 6.07) is 3.42. The number of rotatable bonds is 1. The van der Waals surface area contributed by atoms with E-state index in [1.165, 1.54) is 7.11 Å². The van der Waals surface area contributed by atoms with Gasteiger partial charge in [-0.2, -0.15) is 5.10 Å². The second kappa shape index (κ2) is 3.83. The van der Waals surface area contributed by atoms with Crippen molar-refractivity contribution in [1.82, 2.24) is 10.2 Å². The van der Waals surface area contributed by atoms with Gasteiger partial charge in [0.25, 0.3) is 0 Å². The number of benzene rings is 1. The number of nitrogens with one attached hydrogen (secondary N) is 1. The number of aromatic amines is 1. The van der Waals surface area contributed by atoms with Crippen LogP contribution in [0.25, 0.3) is 10.9 Å². The van der Waals surface area contributed by atoms with Gasteiger partial charge in [-0.1, -0.05) is 27.5 Å². The molecule has 0 aliphatic heterocycles. The van der Waals surface area contributed by atoms with Crippen molar-refractivity contribution in [2.75, 3.05) is 7.11 Å². The Balaban J connectivity index is 2.80. The largest absolute Gasteiger partial charge is 0.465 e. The summed E-state index contributed by atoms with van der Waals surface area (Å²) in [5.74, 6) is -0.440. The van der Waals surface area contributed by atoms with Crippen LogP contribution in [0.3, 0.4) is 0 Å². The van der Waals surface area contributed by atoms with Crippen LogP contribution in [0.5, 0.6) is 0 Å².